The van der Waals surface area contributed by atoms with Crippen LogP contribution in [0.4, 0.5) is 0 Å². The van der Waals surface area contributed by atoms with Crippen LogP contribution in [0.3, 0.4) is 0 Å². The minimum atomic E-state index is 0.0981. The second-order valence-corrected chi connectivity index (χ2v) is 4.59. The smallest absolute Gasteiger partial charge is 0.221 e. The molecule has 1 rings (SSSR count). The molecule has 1 saturated heterocycles. The first-order valence-corrected chi connectivity index (χ1v) is 5.77. The first kappa shape index (κ1) is 12.5. The average molecular weight is 214 g/mol. The van der Waals surface area contributed by atoms with E-state index in [1.807, 2.05) is 0 Å². The lowest BCUT2D eigenvalue weighted by molar-refractivity contribution is -0.121. The van der Waals surface area contributed by atoms with Crippen LogP contribution >= 0.6 is 0 Å². The lowest BCUT2D eigenvalue weighted by atomic mass is 10.0. The third kappa shape index (κ3) is 4.18. The van der Waals surface area contributed by atoms with Crippen LogP contribution in [0, 0.1) is 5.92 Å². The Balaban J connectivity index is 2.44. The summed E-state index contributed by atoms with van der Waals surface area (Å²) < 4.78 is 0. The van der Waals surface area contributed by atoms with Gasteiger partial charge in [-0.2, -0.15) is 0 Å². The Labute approximate surface area is 91.4 Å². The van der Waals surface area contributed by atoms with Crippen LogP contribution in [0.1, 0.15) is 33.1 Å². The monoisotopic (exact) mass is 214 g/mol. The molecule has 1 amide bonds. The van der Waals surface area contributed by atoms with E-state index in [9.17, 15) is 9.90 Å². The van der Waals surface area contributed by atoms with Gasteiger partial charge in [0.15, 0.2) is 0 Å². The molecule has 0 aromatic heterocycles. The molecule has 2 unspecified atom stereocenters. The summed E-state index contributed by atoms with van der Waals surface area (Å²) in [5.74, 6) is 0.506. The fourth-order valence-electron chi connectivity index (χ4n) is 1.88. The number of carbonyl (C=O) groups is 1. The Morgan fingerprint density at radius 2 is 2.33 bits per heavy atom. The topological polar surface area (TPSA) is 61.4 Å². The van der Waals surface area contributed by atoms with Crippen LogP contribution < -0.4 is 10.6 Å². The Hall–Kier alpha value is -0.610. The van der Waals surface area contributed by atoms with Gasteiger partial charge >= 0.3 is 0 Å². The number of aliphatic hydroxyl groups excluding tert-OH is 1. The SMILES string of the molecule is CC(C)C(CO)NC1CCCNC(=O)C1. The van der Waals surface area contributed by atoms with Gasteiger partial charge in [0.2, 0.25) is 5.91 Å². The van der Waals surface area contributed by atoms with E-state index in [-0.39, 0.29) is 24.6 Å². The number of rotatable bonds is 4. The first-order chi connectivity index (χ1) is 7.13. The maximum Gasteiger partial charge on any atom is 0.221 e. The molecule has 88 valence electrons. The van der Waals surface area contributed by atoms with Gasteiger partial charge in [0, 0.05) is 25.0 Å². The van der Waals surface area contributed by atoms with Crippen LogP contribution in [0.15, 0.2) is 0 Å². The van der Waals surface area contributed by atoms with Crippen molar-refractivity contribution in [2.75, 3.05) is 13.2 Å². The highest BCUT2D eigenvalue weighted by atomic mass is 16.3. The van der Waals surface area contributed by atoms with Gasteiger partial charge in [-0.25, -0.2) is 0 Å². The van der Waals surface area contributed by atoms with E-state index in [1.165, 1.54) is 0 Å². The number of hydrogen-bond acceptors (Lipinski definition) is 3. The molecular formula is C11H22N2O2. The van der Waals surface area contributed by atoms with Gasteiger partial charge in [0.25, 0.3) is 0 Å². The van der Waals surface area contributed by atoms with E-state index < -0.39 is 0 Å². The summed E-state index contributed by atoms with van der Waals surface area (Å²) >= 11 is 0. The number of hydrogen-bond donors (Lipinski definition) is 3. The van der Waals surface area contributed by atoms with Gasteiger partial charge in [-0.1, -0.05) is 13.8 Å². The van der Waals surface area contributed by atoms with E-state index in [0.717, 1.165) is 19.4 Å². The highest BCUT2D eigenvalue weighted by Crippen LogP contribution is 2.10. The molecule has 4 heteroatoms. The van der Waals surface area contributed by atoms with Gasteiger partial charge in [-0.05, 0) is 18.8 Å². The highest BCUT2D eigenvalue weighted by molar-refractivity contribution is 5.76. The molecule has 0 aliphatic carbocycles. The van der Waals surface area contributed by atoms with Crippen molar-refractivity contribution in [3.8, 4) is 0 Å². The zero-order chi connectivity index (χ0) is 11.3. The van der Waals surface area contributed by atoms with Gasteiger partial charge in [-0.3, -0.25) is 4.79 Å². The molecular weight excluding hydrogens is 192 g/mol. The summed E-state index contributed by atoms with van der Waals surface area (Å²) in [4.78, 5) is 11.3. The van der Waals surface area contributed by atoms with Crippen molar-refractivity contribution in [3.05, 3.63) is 0 Å². The highest BCUT2D eigenvalue weighted by Gasteiger charge is 2.21. The number of carbonyl (C=O) groups excluding carboxylic acids is 1. The van der Waals surface area contributed by atoms with Crippen LogP contribution in [-0.2, 0) is 4.79 Å². The summed E-state index contributed by atoms with van der Waals surface area (Å²) in [6.45, 7) is 5.06. The second kappa shape index (κ2) is 6.08. The lowest BCUT2D eigenvalue weighted by Crippen LogP contribution is -2.44. The van der Waals surface area contributed by atoms with Crippen LogP contribution in [-0.4, -0.2) is 36.2 Å². The molecule has 1 heterocycles. The zero-order valence-electron chi connectivity index (χ0n) is 9.62. The van der Waals surface area contributed by atoms with Crippen molar-refractivity contribution in [2.24, 2.45) is 5.92 Å². The molecule has 1 aliphatic rings. The summed E-state index contributed by atoms with van der Waals surface area (Å²) in [6.07, 6.45) is 2.55. The van der Waals surface area contributed by atoms with Gasteiger partial charge in [0.05, 0.1) is 6.61 Å². The molecule has 0 radical (unpaired) electrons. The van der Waals surface area contributed by atoms with Crippen LogP contribution in [0.5, 0.6) is 0 Å². The zero-order valence-corrected chi connectivity index (χ0v) is 9.62. The number of nitrogens with one attached hydrogen (secondary N) is 2. The van der Waals surface area contributed by atoms with Crippen molar-refractivity contribution >= 4 is 5.91 Å². The average Bonchev–Trinajstić information content (AvgIpc) is 2.38. The van der Waals surface area contributed by atoms with Crippen molar-refractivity contribution in [1.29, 1.82) is 0 Å². The Bertz CT molecular complexity index is 207. The summed E-state index contributed by atoms with van der Waals surface area (Å²) in [6, 6.07) is 0.313. The van der Waals surface area contributed by atoms with E-state index in [0.29, 0.717) is 12.3 Å². The van der Waals surface area contributed by atoms with Crippen molar-refractivity contribution in [2.45, 2.75) is 45.2 Å². The molecule has 3 N–H and O–H groups in total. The molecule has 1 aliphatic heterocycles. The minimum absolute atomic E-state index is 0.0981. The first-order valence-electron chi connectivity index (χ1n) is 5.77. The van der Waals surface area contributed by atoms with E-state index in [2.05, 4.69) is 24.5 Å². The van der Waals surface area contributed by atoms with Gasteiger partial charge in [-0.15, -0.1) is 0 Å². The standard InChI is InChI=1S/C11H22N2O2/c1-8(2)10(7-14)13-9-4-3-5-12-11(15)6-9/h8-10,13-14H,3-7H2,1-2H3,(H,12,15). The summed E-state index contributed by atoms with van der Waals surface area (Å²) in [7, 11) is 0. The molecule has 15 heavy (non-hydrogen) atoms. The quantitative estimate of drug-likeness (QED) is 0.629. The number of aliphatic hydroxyl groups is 1. The predicted octanol–water partition coefficient (Wildman–Crippen LogP) is 0.262. The summed E-state index contributed by atoms with van der Waals surface area (Å²) in [5.41, 5.74) is 0. The summed E-state index contributed by atoms with van der Waals surface area (Å²) in [5, 5.41) is 15.4. The third-order valence-corrected chi connectivity index (χ3v) is 2.93. The molecule has 0 bridgehead atoms. The molecule has 1 fully saturated rings. The maximum atomic E-state index is 11.3. The molecule has 0 aromatic rings. The minimum Gasteiger partial charge on any atom is -0.395 e. The van der Waals surface area contributed by atoms with E-state index >= 15 is 0 Å². The van der Waals surface area contributed by atoms with Gasteiger partial charge < -0.3 is 15.7 Å². The fourth-order valence-corrected chi connectivity index (χ4v) is 1.88. The maximum absolute atomic E-state index is 11.3. The second-order valence-electron chi connectivity index (χ2n) is 4.59. The van der Waals surface area contributed by atoms with E-state index in [4.69, 9.17) is 0 Å². The number of amides is 1. The predicted molar refractivity (Wildman–Crippen MR) is 59.5 cm³/mol. The fraction of sp³-hybridized carbons (Fsp3) is 0.909. The lowest BCUT2D eigenvalue weighted by Gasteiger charge is -2.25. The van der Waals surface area contributed by atoms with Gasteiger partial charge in [0.1, 0.15) is 0 Å². The Kier molecular flexibility index (Phi) is 5.05. The molecule has 4 nitrogen and oxygen atoms in total. The Morgan fingerprint density at radius 1 is 1.60 bits per heavy atom. The largest absolute Gasteiger partial charge is 0.395 e. The third-order valence-electron chi connectivity index (χ3n) is 2.93. The molecule has 0 spiro atoms. The van der Waals surface area contributed by atoms with Crippen molar-refractivity contribution in [1.82, 2.24) is 10.6 Å². The van der Waals surface area contributed by atoms with Crippen LogP contribution in [0.25, 0.3) is 0 Å². The molecule has 2 atom stereocenters. The normalized spacial score (nSPS) is 24.8. The Morgan fingerprint density at radius 3 is 2.93 bits per heavy atom. The van der Waals surface area contributed by atoms with Crippen molar-refractivity contribution in [3.63, 3.8) is 0 Å². The molecule has 0 saturated carbocycles. The van der Waals surface area contributed by atoms with Crippen LogP contribution in [0.2, 0.25) is 0 Å². The van der Waals surface area contributed by atoms with Crippen molar-refractivity contribution < 1.29 is 9.90 Å². The van der Waals surface area contributed by atoms with E-state index in [1.54, 1.807) is 0 Å². The molecule has 0 aromatic carbocycles.